The molecule has 0 aromatic carbocycles. The second kappa shape index (κ2) is 3.93. The van der Waals surface area contributed by atoms with Crippen LogP contribution in [0.1, 0.15) is 5.56 Å². The molecule has 2 heterocycles. The molecule has 0 saturated carbocycles. The van der Waals surface area contributed by atoms with Crippen LogP contribution >= 0.6 is 0 Å². The fourth-order valence-corrected chi connectivity index (χ4v) is 2.15. The molecule has 0 aliphatic carbocycles. The topological polar surface area (TPSA) is 87.7 Å². The molecule has 2 aromatic heterocycles. The van der Waals surface area contributed by atoms with Crippen molar-refractivity contribution in [2.45, 2.75) is 11.8 Å². The number of pyridine rings is 1. The van der Waals surface area contributed by atoms with Crippen molar-refractivity contribution in [3.63, 3.8) is 0 Å². The first-order valence-corrected chi connectivity index (χ1v) is 5.99. The molecule has 0 amide bonds. The molecule has 0 spiro atoms. The van der Waals surface area contributed by atoms with Gasteiger partial charge in [0.2, 0.25) is 0 Å². The van der Waals surface area contributed by atoms with E-state index >= 15 is 0 Å². The van der Waals surface area contributed by atoms with Gasteiger partial charge in [0, 0.05) is 12.4 Å². The highest BCUT2D eigenvalue weighted by Gasteiger charge is 2.15. The predicted octanol–water partition coefficient (Wildman–Crippen LogP) is 0.914. The van der Waals surface area contributed by atoms with Gasteiger partial charge in [0.15, 0.2) is 0 Å². The van der Waals surface area contributed by atoms with Gasteiger partial charge in [0.05, 0.1) is 18.1 Å². The Labute approximate surface area is 92.8 Å². The lowest BCUT2D eigenvalue weighted by Crippen LogP contribution is -2.12. The number of hydrogen-bond donors (Lipinski definition) is 2. The highest BCUT2D eigenvalue weighted by Crippen LogP contribution is 2.14. The summed E-state index contributed by atoms with van der Waals surface area (Å²) >= 11 is 0. The fourth-order valence-electron chi connectivity index (χ4n) is 1.21. The van der Waals surface area contributed by atoms with Gasteiger partial charge in [-0.2, -0.15) is 5.10 Å². The minimum Gasteiger partial charge on any atom is -0.284 e. The van der Waals surface area contributed by atoms with E-state index in [2.05, 4.69) is 19.9 Å². The standard InChI is InChI=1S/C9H10N4O2S/c1-7-2-8(4-10-3-7)13-16(14,15)9-5-11-12-6-9/h2-6,13H,1H3,(H,11,12). The lowest BCUT2D eigenvalue weighted by atomic mass is 10.3. The molecule has 0 radical (unpaired) electrons. The van der Waals surface area contributed by atoms with Crippen molar-refractivity contribution in [1.82, 2.24) is 15.2 Å². The highest BCUT2D eigenvalue weighted by atomic mass is 32.2. The molecule has 0 atom stereocenters. The second-order valence-electron chi connectivity index (χ2n) is 3.29. The van der Waals surface area contributed by atoms with Crippen LogP contribution in [0.4, 0.5) is 5.69 Å². The maximum atomic E-state index is 11.8. The number of aryl methyl sites for hydroxylation is 1. The van der Waals surface area contributed by atoms with E-state index in [1.165, 1.54) is 18.6 Å². The minimum absolute atomic E-state index is 0.0917. The Balaban J connectivity index is 2.29. The van der Waals surface area contributed by atoms with Crippen LogP contribution < -0.4 is 4.72 Å². The van der Waals surface area contributed by atoms with E-state index in [9.17, 15) is 8.42 Å². The van der Waals surface area contributed by atoms with Gasteiger partial charge >= 0.3 is 0 Å². The molecule has 0 aliphatic heterocycles. The van der Waals surface area contributed by atoms with Crippen LogP contribution in [0.3, 0.4) is 0 Å². The molecule has 2 aromatic rings. The van der Waals surface area contributed by atoms with Crippen molar-refractivity contribution < 1.29 is 8.42 Å². The fraction of sp³-hybridized carbons (Fsp3) is 0.111. The summed E-state index contributed by atoms with van der Waals surface area (Å²) in [5.41, 5.74) is 1.31. The quantitative estimate of drug-likeness (QED) is 0.832. The Bertz CT molecular complexity index is 577. The highest BCUT2D eigenvalue weighted by molar-refractivity contribution is 7.92. The van der Waals surface area contributed by atoms with Crippen LogP contribution in [0.2, 0.25) is 0 Å². The monoisotopic (exact) mass is 238 g/mol. The number of sulfonamides is 1. The molecule has 6 nitrogen and oxygen atoms in total. The molecule has 2 N–H and O–H groups in total. The molecule has 0 fully saturated rings. The van der Waals surface area contributed by atoms with Crippen molar-refractivity contribution >= 4 is 15.7 Å². The van der Waals surface area contributed by atoms with E-state index in [0.29, 0.717) is 5.69 Å². The maximum Gasteiger partial charge on any atom is 0.265 e. The third-order valence-corrected chi connectivity index (χ3v) is 3.26. The molecule has 16 heavy (non-hydrogen) atoms. The van der Waals surface area contributed by atoms with E-state index in [1.54, 1.807) is 12.3 Å². The molecule has 2 rings (SSSR count). The zero-order valence-electron chi connectivity index (χ0n) is 8.51. The van der Waals surface area contributed by atoms with E-state index in [-0.39, 0.29) is 4.90 Å². The predicted molar refractivity (Wildman–Crippen MR) is 58.4 cm³/mol. The van der Waals surface area contributed by atoms with Gasteiger partial charge in [0.25, 0.3) is 10.0 Å². The lowest BCUT2D eigenvalue weighted by Gasteiger charge is -2.05. The van der Waals surface area contributed by atoms with Gasteiger partial charge in [-0.25, -0.2) is 8.42 Å². The summed E-state index contributed by atoms with van der Waals surface area (Å²) in [4.78, 5) is 3.99. The average Bonchev–Trinajstić information content (AvgIpc) is 2.69. The summed E-state index contributed by atoms with van der Waals surface area (Å²) in [5, 5.41) is 6.04. The number of aromatic nitrogens is 3. The minimum atomic E-state index is -3.57. The van der Waals surface area contributed by atoms with E-state index in [0.717, 1.165) is 5.56 Å². The summed E-state index contributed by atoms with van der Waals surface area (Å²) in [7, 11) is -3.57. The first-order valence-electron chi connectivity index (χ1n) is 4.51. The first-order chi connectivity index (χ1) is 7.58. The molecule has 0 saturated heterocycles. The van der Waals surface area contributed by atoms with Gasteiger partial charge in [-0.1, -0.05) is 0 Å². The lowest BCUT2D eigenvalue weighted by molar-refractivity contribution is 0.601. The van der Waals surface area contributed by atoms with Gasteiger partial charge in [0.1, 0.15) is 4.90 Å². The summed E-state index contributed by atoms with van der Waals surface area (Å²) in [6.45, 7) is 1.84. The number of anilines is 1. The van der Waals surface area contributed by atoms with Gasteiger partial charge in [-0.3, -0.25) is 14.8 Å². The summed E-state index contributed by atoms with van der Waals surface area (Å²) in [5.74, 6) is 0. The van der Waals surface area contributed by atoms with Crippen molar-refractivity contribution in [3.05, 3.63) is 36.4 Å². The molecule has 0 aliphatic rings. The number of H-pyrrole nitrogens is 1. The summed E-state index contributed by atoms with van der Waals surface area (Å²) < 4.78 is 26.0. The number of nitrogens with one attached hydrogen (secondary N) is 2. The largest absolute Gasteiger partial charge is 0.284 e. The molecule has 7 heteroatoms. The van der Waals surface area contributed by atoms with Crippen molar-refractivity contribution in [2.75, 3.05) is 4.72 Å². The van der Waals surface area contributed by atoms with Gasteiger partial charge in [-0.15, -0.1) is 0 Å². The number of rotatable bonds is 3. The van der Waals surface area contributed by atoms with Gasteiger partial charge < -0.3 is 0 Å². The van der Waals surface area contributed by atoms with E-state index in [1.807, 2.05) is 6.92 Å². The molecular formula is C9H10N4O2S. The zero-order chi connectivity index (χ0) is 11.6. The number of nitrogens with zero attached hydrogens (tertiary/aromatic N) is 2. The third kappa shape index (κ3) is 2.19. The third-order valence-electron chi connectivity index (χ3n) is 1.91. The SMILES string of the molecule is Cc1cncc(NS(=O)(=O)c2cn[nH]c2)c1. The van der Waals surface area contributed by atoms with Crippen LogP contribution in [0, 0.1) is 6.92 Å². The van der Waals surface area contributed by atoms with Crippen LogP contribution in [0.15, 0.2) is 35.7 Å². The molecule has 0 unspecified atom stereocenters. The van der Waals surface area contributed by atoms with Crippen LogP contribution in [-0.2, 0) is 10.0 Å². The summed E-state index contributed by atoms with van der Waals surface area (Å²) in [6.07, 6.45) is 5.65. The normalized spacial score (nSPS) is 11.3. The first kappa shape index (κ1) is 10.6. The Morgan fingerprint density at radius 2 is 2.12 bits per heavy atom. The Morgan fingerprint density at radius 3 is 2.75 bits per heavy atom. The van der Waals surface area contributed by atoms with Crippen molar-refractivity contribution in [3.8, 4) is 0 Å². The summed E-state index contributed by atoms with van der Waals surface area (Å²) in [6, 6.07) is 1.70. The molecular weight excluding hydrogens is 228 g/mol. The van der Waals surface area contributed by atoms with Crippen LogP contribution in [0.25, 0.3) is 0 Å². The maximum absolute atomic E-state index is 11.8. The molecule has 0 bridgehead atoms. The Kier molecular flexibility index (Phi) is 2.61. The Hall–Kier alpha value is -1.89. The average molecular weight is 238 g/mol. The van der Waals surface area contributed by atoms with Crippen LogP contribution in [0.5, 0.6) is 0 Å². The number of hydrogen-bond acceptors (Lipinski definition) is 4. The Morgan fingerprint density at radius 1 is 1.31 bits per heavy atom. The van der Waals surface area contributed by atoms with E-state index in [4.69, 9.17) is 0 Å². The smallest absolute Gasteiger partial charge is 0.265 e. The van der Waals surface area contributed by atoms with E-state index < -0.39 is 10.0 Å². The molecule has 84 valence electrons. The van der Waals surface area contributed by atoms with Gasteiger partial charge in [-0.05, 0) is 18.6 Å². The van der Waals surface area contributed by atoms with Crippen LogP contribution in [-0.4, -0.2) is 23.6 Å². The zero-order valence-corrected chi connectivity index (χ0v) is 9.32. The van der Waals surface area contributed by atoms with Crippen molar-refractivity contribution in [1.29, 1.82) is 0 Å². The second-order valence-corrected chi connectivity index (χ2v) is 4.97. The van der Waals surface area contributed by atoms with Crippen molar-refractivity contribution in [2.24, 2.45) is 0 Å². The number of aromatic amines is 1.